The van der Waals surface area contributed by atoms with Crippen LogP contribution in [0, 0.1) is 0 Å². The van der Waals surface area contributed by atoms with Gasteiger partial charge in [0.05, 0.1) is 0 Å². The molecule has 0 fully saturated rings. The quantitative estimate of drug-likeness (QED) is 0.750. The Morgan fingerprint density at radius 3 is 2.87 bits per heavy atom. The highest BCUT2D eigenvalue weighted by Crippen LogP contribution is 2.34. The van der Waals surface area contributed by atoms with Gasteiger partial charge in [-0.1, -0.05) is 6.58 Å². The number of nitrogens with one attached hydrogen (secondary N) is 1. The van der Waals surface area contributed by atoms with Gasteiger partial charge in [0, 0.05) is 17.3 Å². The van der Waals surface area contributed by atoms with Crippen molar-refractivity contribution in [1.29, 1.82) is 0 Å². The van der Waals surface area contributed by atoms with Crippen LogP contribution < -0.4 is 14.8 Å². The zero-order valence-corrected chi connectivity index (χ0v) is 8.37. The Hall–Kier alpha value is -1.97. The monoisotopic (exact) mass is 205 g/mol. The standard InChI is InChI=1S/C11H11NO3/c1-7(2)11(13)12-8-3-4-9-10(5-8)15-6-14-9/h3-5H,1,6H2,2H3,(H,12,13). The molecule has 0 bridgehead atoms. The number of amides is 1. The molecular formula is C11H11NO3. The fourth-order valence-corrected chi connectivity index (χ4v) is 1.21. The predicted octanol–water partition coefficient (Wildman–Crippen LogP) is 1.93. The number of carbonyl (C=O) groups is 1. The van der Waals surface area contributed by atoms with Gasteiger partial charge in [-0.05, 0) is 19.1 Å². The molecule has 0 saturated heterocycles. The van der Waals surface area contributed by atoms with E-state index in [1.807, 2.05) is 0 Å². The van der Waals surface area contributed by atoms with Gasteiger partial charge in [0.25, 0.3) is 5.91 Å². The third-order valence-electron chi connectivity index (χ3n) is 2.02. The summed E-state index contributed by atoms with van der Waals surface area (Å²) in [7, 11) is 0. The fraction of sp³-hybridized carbons (Fsp3) is 0.182. The van der Waals surface area contributed by atoms with E-state index < -0.39 is 0 Å². The van der Waals surface area contributed by atoms with Crippen LogP contribution >= 0.6 is 0 Å². The van der Waals surface area contributed by atoms with E-state index in [1.54, 1.807) is 25.1 Å². The van der Waals surface area contributed by atoms with Crippen LogP contribution in [0.4, 0.5) is 5.69 Å². The second kappa shape index (κ2) is 3.65. The van der Waals surface area contributed by atoms with E-state index in [1.165, 1.54) is 0 Å². The number of benzene rings is 1. The summed E-state index contributed by atoms with van der Waals surface area (Å²) in [4.78, 5) is 11.3. The number of hydrogen-bond donors (Lipinski definition) is 1. The van der Waals surface area contributed by atoms with Gasteiger partial charge in [-0.25, -0.2) is 0 Å². The van der Waals surface area contributed by atoms with Crippen LogP contribution in [0.25, 0.3) is 0 Å². The van der Waals surface area contributed by atoms with Gasteiger partial charge in [-0.15, -0.1) is 0 Å². The van der Waals surface area contributed by atoms with E-state index in [0.29, 0.717) is 22.8 Å². The van der Waals surface area contributed by atoms with Crippen molar-refractivity contribution in [2.45, 2.75) is 6.92 Å². The third-order valence-corrected chi connectivity index (χ3v) is 2.02. The Morgan fingerprint density at radius 1 is 1.40 bits per heavy atom. The highest BCUT2D eigenvalue weighted by molar-refractivity contribution is 6.02. The molecule has 15 heavy (non-hydrogen) atoms. The summed E-state index contributed by atoms with van der Waals surface area (Å²) in [5, 5.41) is 2.70. The SMILES string of the molecule is C=C(C)C(=O)Nc1ccc2c(c1)OCO2. The van der Waals surface area contributed by atoms with Crippen molar-refractivity contribution >= 4 is 11.6 Å². The molecule has 1 amide bonds. The molecule has 0 saturated carbocycles. The van der Waals surface area contributed by atoms with Crippen LogP contribution in [0.3, 0.4) is 0 Å². The van der Waals surface area contributed by atoms with Gasteiger partial charge in [-0.3, -0.25) is 4.79 Å². The smallest absolute Gasteiger partial charge is 0.250 e. The number of anilines is 1. The zero-order chi connectivity index (χ0) is 10.8. The molecule has 1 aromatic carbocycles. The summed E-state index contributed by atoms with van der Waals surface area (Å²) in [6.45, 7) is 5.44. The van der Waals surface area contributed by atoms with E-state index in [2.05, 4.69) is 11.9 Å². The maximum Gasteiger partial charge on any atom is 0.250 e. The molecular weight excluding hydrogens is 194 g/mol. The van der Waals surface area contributed by atoms with Crippen molar-refractivity contribution < 1.29 is 14.3 Å². The summed E-state index contributed by atoms with van der Waals surface area (Å²) in [6.07, 6.45) is 0. The first-order valence-corrected chi connectivity index (χ1v) is 4.53. The van der Waals surface area contributed by atoms with E-state index in [0.717, 1.165) is 0 Å². The third kappa shape index (κ3) is 1.93. The van der Waals surface area contributed by atoms with Crippen LogP contribution in [-0.2, 0) is 4.79 Å². The van der Waals surface area contributed by atoms with E-state index in [4.69, 9.17) is 9.47 Å². The minimum atomic E-state index is -0.200. The highest BCUT2D eigenvalue weighted by Gasteiger charge is 2.13. The Labute approximate surface area is 87.5 Å². The first-order chi connectivity index (χ1) is 7.16. The maximum absolute atomic E-state index is 11.3. The molecule has 4 nitrogen and oxygen atoms in total. The van der Waals surface area contributed by atoms with Gasteiger partial charge in [0.1, 0.15) is 0 Å². The summed E-state index contributed by atoms with van der Waals surface area (Å²) >= 11 is 0. The topological polar surface area (TPSA) is 47.6 Å². The van der Waals surface area contributed by atoms with Crippen molar-refractivity contribution in [2.75, 3.05) is 12.1 Å². The minimum absolute atomic E-state index is 0.200. The summed E-state index contributed by atoms with van der Waals surface area (Å²) in [6, 6.07) is 5.24. The first kappa shape index (κ1) is 9.58. The molecule has 2 rings (SSSR count). The van der Waals surface area contributed by atoms with Crippen LogP contribution in [0.2, 0.25) is 0 Å². The molecule has 0 radical (unpaired) electrons. The van der Waals surface area contributed by atoms with Crippen LogP contribution in [0.1, 0.15) is 6.92 Å². The highest BCUT2D eigenvalue weighted by atomic mass is 16.7. The first-order valence-electron chi connectivity index (χ1n) is 4.53. The number of hydrogen-bond acceptors (Lipinski definition) is 3. The molecule has 1 aliphatic heterocycles. The van der Waals surface area contributed by atoms with Crippen molar-refractivity contribution in [3.05, 3.63) is 30.4 Å². The number of carbonyl (C=O) groups excluding carboxylic acids is 1. The van der Waals surface area contributed by atoms with Crippen LogP contribution in [0.15, 0.2) is 30.4 Å². The Bertz CT molecular complexity index is 426. The lowest BCUT2D eigenvalue weighted by Gasteiger charge is -2.05. The van der Waals surface area contributed by atoms with Crippen molar-refractivity contribution in [2.24, 2.45) is 0 Å². The van der Waals surface area contributed by atoms with Gasteiger partial charge < -0.3 is 14.8 Å². The second-order valence-corrected chi connectivity index (χ2v) is 3.30. The molecule has 1 N–H and O–H groups in total. The molecule has 78 valence electrons. The van der Waals surface area contributed by atoms with Gasteiger partial charge in [0.15, 0.2) is 11.5 Å². The molecule has 1 aliphatic rings. The molecule has 0 spiro atoms. The van der Waals surface area contributed by atoms with Gasteiger partial charge in [-0.2, -0.15) is 0 Å². The molecule has 0 aliphatic carbocycles. The van der Waals surface area contributed by atoms with Gasteiger partial charge >= 0.3 is 0 Å². The van der Waals surface area contributed by atoms with Crippen molar-refractivity contribution in [1.82, 2.24) is 0 Å². The lowest BCUT2D eigenvalue weighted by atomic mass is 10.2. The molecule has 1 aromatic rings. The van der Waals surface area contributed by atoms with Crippen molar-refractivity contribution in [3.63, 3.8) is 0 Å². The largest absolute Gasteiger partial charge is 0.454 e. The van der Waals surface area contributed by atoms with Crippen LogP contribution in [0.5, 0.6) is 11.5 Å². The average Bonchev–Trinajstić information content (AvgIpc) is 2.64. The Morgan fingerprint density at radius 2 is 2.13 bits per heavy atom. The molecule has 4 heteroatoms. The van der Waals surface area contributed by atoms with E-state index in [-0.39, 0.29) is 12.7 Å². The summed E-state index contributed by atoms with van der Waals surface area (Å²) in [5.41, 5.74) is 1.14. The lowest BCUT2D eigenvalue weighted by molar-refractivity contribution is -0.112. The summed E-state index contributed by atoms with van der Waals surface area (Å²) in [5.74, 6) is 1.15. The Kier molecular flexibility index (Phi) is 2.33. The zero-order valence-electron chi connectivity index (χ0n) is 8.37. The second-order valence-electron chi connectivity index (χ2n) is 3.30. The molecule has 0 atom stereocenters. The fourth-order valence-electron chi connectivity index (χ4n) is 1.21. The average molecular weight is 205 g/mol. The minimum Gasteiger partial charge on any atom is -0.454 e. The normalized spacial score (nSPS) is 12.3. The van der Waals surface area contributed by atoms with E-state index in [9.17, 15) is 4.79 Å². The van der Waals surface area contributed by atoms with Gasteiger partial charge in [0.2, 0.25) is 6.79 Å². The number of rotatable bonds is 2. The summed E-state index contributed by atoms with van der Waals surface area (Å²) < 4.78 is 10.3. The number of ether oxygens (including phenoxy) is 2. The van der Waals surface area contributed by atoms with E-state index >= 15 is 0 Å². The Balaban J connectivity index is 2.17. The molecule has 0 unspecified atom stereocenters. The van der Waals surface area contributed by atoms with Crippen LogP contribution in [-0.4, -0.2) is 12.7 Å². The number of fused-ring (bicyclic) bond motifs is 1. The lowest BCUT2D eigenvalue weighted by Crippen LogP contribution is -2.11. The predicted molar refractivity (Wildman–Crippen MR) is 56.0 cm³/mol. The molecule has 0 aromatic heterocycles. The van der Waals surface area contributed by atoms with Crippen molar-refractivity contribution in [3.8, 4) is 11.5 Å². The molecule has 1 heterocycles. The maximum atomic E-state index is 11.3.